The third kappa shape index (κ3) is 2.91. The van der Waals surface area contributed by atoms with Crippen LogP contribution < -0.4 is 5.32 Å². The molecule has 0 aliphatic heterocycles. The van der Waals surface area contributed by atoms with Gasteiger partial charge in [-0.25, -0.2) is 9.97 Å². The Bertz CT molecular complexity index is 377. The lowest BCUT2D eigenvalue weighted by atomic mass is 10.5. The van der Waals surface area contributed by atoms with Gasteiger partial charge in [0.05, 0.1) is 12.7 Å². The third-order valence-electron chi connectivity index (χ3n) is 1.34. The summed E-state index contributed by atoms with van der Waals surface area (Å²) < 4.78 is 10.3. The van der Waals surface area contributed by atoms with E-state index >= 15 is 0 Å². The van der Waals surface area contributed by atoms with Crippen molar-refractivity contribution in [3.63, 3.8) is 0 Å². The van der Waals surface area contributed by atoms with Crippen LogP contribution in [0.25, 0.3) is 0 Å². The molecule has 0 saturated carbocycles. The first kappa shape index (κ1) is 10.8. The van der Waals surface area contributed by atoms with E-state index in [1.165, 1.54) is 6.20 Å². The van der Waals surface area contributed by atoms with E-state index in [2.05, 4.69) is 21.2 Å². The molecule has 0 spiro atoms. The highest BCUT2D eigenvalue weighted by molar-refractivity contribution is 7.64. The Labute approximate surface area is 90.6 Å². The lowest BCUT2D eigenvalue weighted by Gasteiger charge is -2.02. The molecular formula is C8H7ClN3OS+. The number of anilines is 1. The fourth-order valence-electron chi connectivity index (χ4n) is 0.785. The van der Waals surface area contributed by atoms with Gasteiger partial charge < -0.3 is 5.32 Å². The van der Waals surface area contributed by atoms with Crippen molar-refractivity contribution in [2.75, 3.05) is 11.9 Å². The number of hydrogen-bond donors (Lipinski definition) is 1. The van der Waals surface area contributed by atoms with Crippen LogP contribution in [0.2, 0.25) is 5.02 Å². The number of nitrogens with one attached hydrogen (secondary N) is 1. The summed E-state index contributed by atoms with van der Waals surface area (Å²) in [6, 6.07) is 0. The summed E-state index contributed by atoms with van der Waals surface area (Å²) in [5.41, 5.74) is 0. The lowest BCUT2D eigenvalue weighted by molar-refractivity contribution is 0.604. The van der Waals surface area contributed by atoms with Gasteiger partial charge >= 0.3 is 11.7 Å². The van der Waals surface area contributed by atoms with E-state index in [-0.39, 0.29) is 5.75 Å². The van der Waals surface area contributed by atoms with E-state index in [9.17, 15) is 4.21 Å². The molecular weight excluding hydrogens is 222 g/mol. The molecule has 0 aliphatic carbocycles. The predicted octanol–water partition coefficient (Wildman–Crippen LogP) is 1.10. The molecule has 0 fully saturated rings. The van der Waals surface area contributed by atoms with Crippen LogP contribution in [0, 0.1) is 12.3 Å². The predicted molar refractivity (Wildman–Crippen MR) is 56.1 cm³/mol. The van der Waals surface area contributed by atoms with Gasteiger partial charge in [-0.05, 0) is 0 Å². The Morgan fingerprint density at radius 3 is 3.14 bits per heavy atom. The molecule has 72 valence electrons. The second kappa shape index (κ2) is 5.47. The molecule has 1 N–H and O–H groups in total. The average molecular weight is 229 g/mol. The van der Waals surface area contributed by atoms with E-state index in [4.69, 9.17) is 18.0 Å². The van der Waals surface area contributed by atoms with Crippen LogP contribution in [0.3, 0.4) is 0 Å². The minimum Gasteiger partial charge on any atom is -0.358 e. The van der Waals surface area contributed by atoms with Gasteiger partial charge in [0.15, 0.2) is 5.82 Å². The van der Waals surface area contributed by atoms with Gasteiger partial charge in [-0.3, -0.25) is 0 Å². The molecule has 0 bridgehead atoms. The van der Waals surface area contributed by atoms with E-state index in [1.54, 1.807) is 0 Å². The van der Waals surface area contributed by atoms with Crippen molar-refractivity contribution in [3.8, 4) is 12.3 Å². The molecule has 14 heavy (non-hydrogen) atoms. The van der Waals surface area contributed by atoms with Gasteiger partial charge in [-0.1, -0.05) is 17.5 Å². The van der Waals surface area contributed by atoms with Gasteiger partial charge in [0.2, 0.25) is 0 Å². The molecule has 0 amide bonds. The zero-order valence-electron chi connectivity index (χ0n) is 7.16. The molecule has 4 nitrogen and oxygen atoms in total. The Balaban J connectivity index is 2.85. The number of hydrogen-bond acceptors (Lipinski definition) is 4. The quantitative estimate of drug-likeness (QED) is 0.620. The summed E-state index contributed by atoms with van der Waals surface area (Å²) in [5, 5.41) is 3.22. The molecule has 1 aromatic rings. The van der Waals surface area contributed by atoms with E-state index in [0.29, 0.717) is 34.9 Å². The first-order valence-electron chi connectivity index (χ1n) is 3.71. The van der Waals surface area contributed by atoms with Crippen LogP contribution in [0.1, 0.15) is 5.82 Å². The van der Waals surface area contributed by atoms with Crippen LogP contribution in [-0.2, 0) is 21.6 Å². The van der Waals surface area contributed by atoms with Gasteiger partial charge in [0.1, 0.15) is 10.8 Å². The van der Waals surface area contributed by atoms with Crippen LogP contribution in [-0.4, -0.2) is 16.5 Å². The largest absolute Gasteiger partial charge is 0.467 e. The summed E-state index contributed by atoms with van der Waals surface area (Å²) >= 11 is 6.20. The van der Waals surface area contributed by atoms with Crippen molar-refractivity contribution in [3.05, 3.63) is 17.0 Å². The average Bonchev–Trinajstić information content (AvgIpc) is 2.19. The summed E-state index contributed by atoms with van der Waals surface area (Å²) in [7, 11) is 0. The van der Waals surface area contributed by atoms with Crippen LogP contribution in [0.4, 0.5) is 5.82 Å². The molecule has 0 radical (unpaired) electrons. The Kier molecular flexibility index (Phi) is 4.23. The third-order valence-corrected chi connectivity index (χ3v) is 1.99. The van der Waals surface area contributed by atoms with Crippen molar-refractivity contribution < 1.29 is 4.21 Å². The second-order valence-corrected chi connectivity index (χ2v) is 3.23. The highest BCUT2D eigenvalue weighted by atomic mass is 35.5. The minimum absolute atomic E-state index is 0.210. The fourth-order valence-corrected chi connectivity index (χ4v) is 1.19. The molecule has 1 aromatic heterocycles. The van der Waals surface area contributed by atoms with Crippen LogP contribution in [0.15, 0.2) is 6.20 Å². The maximum Gasteiger partial charge on any atom is 0.467 e. The van der Waals surface area contributed by atoms with Crippen molar-refractivity contribution in [1.29, 1.82) is 0 Å². The maximum atomic E-state index is 10.3. The summed E-state index contributed by atoms with van der Waals surface area (Å²) in [4.78, 5) is 7.91. The van der Waals surface area contributed by atoms with E-state index < -0.39 is 0 Å². The molecule has 1 rings (SSSR count). The normalized spacial score (nSPS) is 9.14. The van der Waals surface area contributed by atoms with Gasteiger partial charge in [0.25, 0.3) is 5.75 Å². The van der Waals surface area contributed by atoms with E-state index in [1.807, 2.05) is 0 Å². The smallest absolute Gasteiger partial charge is 0.358 e. The standard InChI is InChI=1S/C8H7ClN3OS/c1-2-3-10-8-6(9)4-11-7(12-8)5-14-13/h1,4H,3,5H2,(H,10,11,12)/q+1. The van der Waals surface area contributed by atoms with Gasteiger partial charge in [0, 0.05) is 4.21 Å². The number of nitrogens with zero attached hydrogens (tertiary/aromatic N) is 2. The Morgan fingerprint density at radius 1 is 1.71 bits per heavy atom. The van der Waals surface area contributed by atoms with Crippen molar-refractivity contribution >= 4 is 29.1 Å². The second-order valence-electron chi connectivity index (χ2n) is 2.30. The highest BCUT2D eigenvalue weighted by Gasteiger charge is 2.09. The monoisotopic (exact) mass is 228 g/mol. The zero-order valence-corrected chi connectivity index (χ0v) is 8.73. The Morgan fingerprint density at radius 2 is 2.50 bits per heavy atom. The zero-order chi connectivity index (χ0) is 10.4. The lowest BCUT2D eigenvalue weighted by Crippen LogP contribution is -2.04. The first-order chi connectivity index (χ1) is 6.77. The number of rotatable bonds is 4. The molecule has 0 saturated heterocycles. The Hall–Kier alpha value is -1.25. The SMILES string of the molecule is C#CCNc1nc(C[S+]=O)ncc1Cl. The van der Waals surface area contributed by atoms with Gasteiger partial charge in [-0.15, -0.1) is 6.42 Å². The topological polar surface area (TPSA) is 54.9 Å². The van der Waals surface area contributed by atoms with Crippen LogP contribution >= 0.6 is 11.6 Å². The molecule has 0 aromatic carbocycles. The summed E-state index contributed by atoms with van der Waals surface area (Å²) in [6.45, 7) is 0.334. The molecule has 1 heterocycles. The van der Waals surface area contributed by atoms with E-state index in [0.717, 1.165) is 0 Å². The molecule has 0 aliphatic rings. The van der Waals surface area contributed by atoms with Crippen molar-refractivity contribution in [2.24, 2.45) is 0 Å². The number of halogens is 1. The summed E-state index contributed by atoms with van der Waals surface area (Å²) in [5.74, 6) is 3.51. The van der Waals surface area contributed by atoms with Crippen molar-refractivity contribution in [2.45, 2.75) is 5.75 Å². The molecule has 0 unspecified atom stereocenters. The number of aromatic nitrogens is 2. The van der Waals surface area contributed by atoms with Crippen LogP contribution in [0.5, 0.6) is 0 Å². The first-order valence-corrected chi connectivity index (χ1v) is 5.00. The van der Waals surface area contributed by atoms with Gasteiger partial charge in [-0.2, -0.15) is 0 Å². The number of terminal acetylenes is 1. The fraction of sp³-hybridized carbons (Fsp3) is 0.250. The molecule has 6 heteroatoms. The highest BCUT2D eigenvalue weighted by Crippen LogP contribution is 2.17. The minimum atomic E-state index is 0.210. The maximum absolute atomic E-state index is 10.3. The van der Waals surface area contributed by atoms with Crippen molar-refractivity contribution in [1.82, 2.24) is 9.97 Å². The molecule has 0 atom stereocenters. The summed E-state index contributed by atoms with van der Waals surface area (Å²) in [6.07, 6.45) is 6.51.